The van der Waals surface area contributed by atoms with Gasteiger partial charge in [0.15, 0.2) is 0 Å². The van der Waals surface area contributed by atoms with Gasteiger partial charge in [0.1, 0.15) is 24.0 Å². The molecule has 302 valence electrons. The first kappa shape index (κ1) is 35.6. The van der Waals surface area contributed by atoms with E-state index in [1.807, 2.05) is 60.8 Å². The minimum absolute atomic E-state index is 0.00958. The molecule has 6 aromatic carbocycles. The first-order valence-electron chi connectivity index (χ1n) is 22.5. The van der Waals surface area contributed by atoms with Crippen LogP contribution in [0.5, 0.6) is 11.5 Å². The van der Waals surface area contributed by atoms with E-state index in [4.69, 9.17) is 13.8 Å². The summed E-state index contributed by atoms with van der Waals surface area (Å²) in [4.78, 5) is 9.54. The minimum Gasteiger partial charge on any atom is -0.457 e. The Labute approximate surface area is 360 Å². The second-order valence-corrected chi connectivity index (χ2v) is 19.3. The second kappa shape index (κ2) is 14.4. The number of nitrogens with zero attached hydrogens (tertiary/aromatic N) is 4. The molecule has 0 bridgehead atoms. The van der Waals surface area contributed by atoms with Crippen molar-refractivity contribution in [2.75, 3.05) is 16.5 Å². The molecule has 0 spiro atoms. The first-order valence-corrected chi connectivity index (χ1v) is 21.0. The lowest BCUT2D eigenvalue weighted by molar-refractivity contribution is 0.483. The number of aryl methyl sites for hydroxylation is 1. The predicted molar refractivity (Wildman–Crippen MR) is 253 cm³/mol. The number of ether oxygens (including phenoxy) is 1. The number of hydrogen-bond acceptors (Lipinski definition) is 4. The Bertz CT molecular complexity index is 3020. The summed E-state index contributed by atoms with van der Waals surface area (Å²) >= 11 is 0. The lowest BCUT2D eigenvalue weighted by atomic mass is 9.86. The Morgan fingerprint density at radius 2 is 1.20 bits per heavy atom. The highest BCUT2D eigenvalue weighted by molar-refractivity contribution is 6.11. The van der Waals surface area contributed by atoms with E-state index < -0.39 is 6.85 Å². The number of fused-ring (bicyclic) bond motifs is 4. The molecule has 2 aromatic heterocycles. The van der Waals surface area contributed by atoms with E-state index in [1.54, 1.807) is 6.07 Å². The maximum atomic E-state index is 8.74. The Morgan fingerprint density at radius 1 is 0.533 bits per heavy atom. The number of anilines is 4. The minimum atomic E-state index is -2.41. The third-order valence-electron chi connectivity index (χ3n) is 11.9. The fourth-order valence-corrected chi connectivity index (χ4v) is 8.42. The summed E-state index contributed by atoms with van der Waals surface area (Å²) in [7, 11) is 0. The van der Waals surface area contributed by atoms with Gasteiger partial charge in [0.2, 0.25) is 0 Å². The molecule has 8 aromatic rings. The number of pyridine rings is 1. The van der Waals surface area contributed by atoms with Gasteiger partial charge in [-0.2, -0.15) is 0 Å². The van der Waals surface area contributed by atoms with E-state index in [9.17, 15) is 0 Å². The zero-order valence-corrected chi connectivity index (χ0v) is 36.3. The molecule has 0 saturated carbocycles. The summed E-state index contributed by atoms with van der Waals surface area (Å²) in [5.41, 5.74) is 12.1. The smallest absolute Gasteiger partial charge is 0.137 e. The van der Waals surface area contributed by atoms with Crippen molar-refractivity contribution in [3.63, 3.8) is 0 Å². The molecule has 0 amide bonds. The van der Waals surface area contributed by atoms with Gasteiger partial charge in [-0.3, -0.25) is 4.57 Å². The summed E-state index contributed by atoms with van der Waals surface area (Å²) in [6, 6.07) is 48.3. The van der Waals surface area contributed by atoms with Crippen LogP contribution in [0.2, 0.25) is 0 Å². The van der Waals surface area contributed by atoms with Crippen LogP contribution in [0.4, 0.5) is 22.7 Å². The Morgan fingerprint density at radius 3 is 1.93 bits per heavy atom. The van der Waals surface area contributed by atoms with Crippen LogP contribution in [0, 0.1) is 6.85 Å². The maximum absolute atomic E-state index is 8.74. The molecule has 5 heteroatoms. The first-order chi connectivity index (χ1) is 29.7. The molecule has 0 atom stereocenters. The van der Waals surface area contributed by atoms with Gasteiger partial charge in [-0.05, 0) is 117 Å². The molecule has 1 aliphatic rings. The lowest BCUT2D eigenvalue weighted by Gasteiger charge is -2.25. The summed E-state index contributed by atoms with van der Waals surface area (Å²) in [6.45, 7) is 18.2. The van der Waals surface area contributed by atoms with Crippen LogP contribution < -0.4 is 14.5 Å². The average molecular weight is 792 g/mol. The molecule has 1 aliphatic heterocycles. The maximum Gasteiger partial charge on any atom is 0.137 e. The van der Waals surface area contributed by atoms with Crippen molar-refractivity contribution in [1.29, 1.82) is 0 Å². The van der Waals surface area contributed by atoms with E-state index in [1.165, 1.54) is 16.7 Å². The molecular formula is C55H56N4O. The molecule has 3 heterocycles. The standard InChI is InChI=1S/C55H56N4O/c1-36-29-45(34-50-52(36)46-19-11-12-20-47(46)59(50)51-32-41(27-28-56-51)55(8,9)10)60-44-18-14-17-43(33-44)57-35-58(42-16-13-15-40(31-42)54(5,6)7)49-30-38(23-26-48(49)57)37-21-24-39(25-22-37)53(2,3)4/h11-34H,35H2,1-10H3/i1D3. The van der Waals surface area contributed by atoms with Crippen LogP contribution in [0.3, 0.4) is 0 Å². The van der Waals surface area contributed by atoms with E-state index in [0.717, 1.165) is 56.1 Å². The van der Waals surface area contributed by atoms with Crippen LogP contribution in [0.15, 0.2) is 146 Å². The van der Waals surface area contributed by atoms with Crippen LogP contribution in [-0.4, -0.2) is 16.2 Å². The zero-order valence-electron chi connectivity index (χ0n) is 39.3. The van der Waals surface area contributed by atoms with E-state index in [-0.39, 0.29) is 21.8 Å². The fraction of sp³-hybridized carbons (Fsp3) is 0.255. The highest BCUT2D eigenvalue weighted by Crippen LogP contribution is 2.47. The molecule has 0 unspecified atom stereocenters. The molecule has 0 radical (unpaired) electrons. The van der Waals surface area contributed by atoms with Crippen LogP contribution in [0.25, 0.3) is 38.8 Å². The third kappa shape index (κ3) is 7.21. The quantitative estimate of drug-likeness (QED) is 0.168. The third-order valence-corrected chi connectivity index (χ3v) is 11.9. The SMILES string of the molecule is [2H]C([2H])([2H])c1cc(Oc2cccc(N3CN(c4cccc(C(C)(C)C)c4)c4cc(-c5ccc(C(C)(C)C)cc5)ccc43)c2)cc2c1c1ccccc1n2-c1cc(C(C)(C)C)ccn1. The van der Waals surface area contributed by atoms with Crippen LogP contribution >= 0.6 is 0 Å². The number of para-hydroxylation sites is 1. The molecule has 60 heavy (non-hydrogen) atoms. The Balaban J connectivity index is 1.13. The molecule has 9 rings (SSSR count). The van der Waals surface area contributed by atoms with Crippen molar-refractivity contribution < 1.29 is 8.85 Å². The molecule has 0 N–H and O–H groups in total. The van der Waals surface area contributed by atoms with Gasteiger partial charge < -0.3 is 14.5 Å². The summed E-state index contributed by atoms with van der Waals surface area (Å²) < 4.78 is 35.0. The molecular weight excluding hydrogens is 733 g/mol. The molecule has 0 saturated heterocycles. The average Bonchev–Trinajstić information content (AvgIpc) is 3.78. The molecule has 5 nitrogen and oxygen atoms in total. The lowest BCUT2D eigenvalue weighted by Crippen LogP contribution is -2.24. The van der Waals surface area contributed by atoms with Crippen molar-refractivity contribution >= 4 is 44.6 Å². The Kier molecular flexibility index (Phi) is 8.57. The molecule has 0 fully saturated rings. The van der Waals surface area contributed by atoms with Crippen molar-refractivity contribution in [2.45, 2.75) is 85.4 Å². The summed E-state index contributed by atoms with van der Waals surface area (Å²) in [5.74, 6) is 1.76. The van der Waals surface area contributed by atoms with E-state index in [2.05, 4.69) is 156 Å². The largest absolute Gasteiger partial charge is 0.457 e. The number of rotatable bonds is 6. The van der Waals surface area contributed by atoms with Crippen molar-refractivity contribution in [1.82, 2.24) is 9.55 Å². The topological polar surface area (TPSA) is 33.5 Å². The van der Waals surface area contributed by atoms with Gasteiger partial charge in [0, 0.05) is 44.6 Å². The normalized spacial score (nSPS) is 14.3. The predicted octanol–water partition coefficient (Wildman–Crippen LogP) is 15.1. The van der Waals surface area contributed by atoms with Gasteiger partial charge in [-0.25, -0.2) is 4.98 Å². The van der Waals surface area contributed by atoms with Gasteiger partial charge in [0.05, 0.1) is 22.4 Å². The summed E-state index contributed by atoms with van der Waals surface area (Å²) in [5, 5.41) is 1.52. The van der Waals surface area contributed by atoms with E-state index >= 15 is 0 Å². The Hall–Kier alpha value is -6.33. The van der Waals surface area contributed by atoms with Crippen molar-refractivity contribution in [3.8, 4) is 28.4 Å². The van der Waals surface area contributed by atoms with E-state index in [0.29, 0.717) is 23.6 Å². The van der Waals surface area contributed by atoms with Gasteiger partial charge in [-0.1, -0.05) is 129 Å². The highest BCUT2D eigenvalue weighted by Gasteiger charge is 2.30. The fourth-order valence-electron chi connectivity index (χ4n) is 8.42. The summed E-state index contributed by atoms with van der Waals surface area (Å²) in [6.07, 6.45) is 1.83. The van der Waals surface area contributed by atoms with Crippen molar-refractivity contribution in [2.24, 2.45) is 0 Å². The monoisotopic (exact) mass is 791 g/mol. The number of aromatic nitrogens is 2. The highest BCUT2D eigenvalue weighted by atomic mass is 16.5. The van der Waals surface area contributed by atoms with Crippen molar-refractivity contribution in [3.05, 3.63) is 168 Å². The van der Waals surface area contributed by atoms with Gasteiger partial charge in [0.25, 0.3) is 0 Å². The second-order valence-electron chi connectivity index (χ2n) is 19.3. The zero-order chi connectivity index (χ0) is 44.6. The van der Waals surface area contributed by atoms with Gasteiger partial charge >= 0.3 is 0 Å². The van der Waals surface area contributed by atoms with Crippen LogP contribution in [-0.2, 0) is 16.2 Å². The molecule has 0 aliphatic carbocycles. The number of benzene rings is 6. The number of hydrogen-bond donors (Lipinski definition) is 0. The van der Waals surface area contributed by atoms with Gasteiger partial charge in [-0.15, -0.1) is 0 Å². The van der Waals surface area contributed by atoms with Crippen LogP contribution in [0.1, 0.15) is 88.7 Å².